The Hall–Kier alpha value is -1.47. The van der Waals surface area contributed by atoms with E-state index in [0.717, 1.165) is 44.7 Å². The molecule has 23 heavy (non-hydrogen) atoms. The Morgan fingerprint density at radius 1 is 1.35 bits per heavy atom. The van der Waals surface area contributed by atoms with Crippen molar-refractivity contribution in [2.45, 2.75) is 32.0 Å². The number of piperidine rings is 3. The van der Waals surface area contributed by atoms with Crippen LogP contribution in [0, 0.1) is 11.8 Å². The first-order valence-corrected chi connectivity index (χ1v) is 8.43. The van der Waals surface area contributed by atoms with E-state index in [1.807, 2.05) is 39.1 Å². The molecule has 3 aliphatic heterocycles. The van der Waals surface area contributed by atoms with Crippen LogP contribution < -0.4 is 0 Å². The Labute approximate surface area is 138 Å². The second-order valence-corrected chi connectivity index (χ2v) is 7.44. The van der Waals surface area contributed by atoms with Gasteiger partial charge < -0.3 is 9.80 Å². The van der Waals surface area contributed by atoms with Crippen molar-refractivity contribution < 1.29 is 4.79 Å². The van der Waals surface area contributed by atoms with Crippen LogP contribution in [0.4, 0.5) is 0 Å². The van der Waals surface area contributed by atoms with Crippen molar-refractivity contribution in [3.8, 4) is 0 Å². The first-order chi connectivity index (χ1) is 10.9. The molecule has 1 amide bonds. The fourth-order valence-electron chi connectivity index (χ4n) is 3.98. The van der Waals surface area contributed by atoms with Crippen LogP contribution >= 0.6 is 0 Å². The second-order valence-electron chi connectivity index (χ2n) is 7.44. The van der Waals surface area contributed by atoms with E-state index in [4.69, 9.17) is 0 Å². The lowest BCUT2D eigenvalue weighted by Crippen LogP contribution is -2.57. The van der Waals surface area contributed by atoms with Gasteiger partial charge in [-0.1, -0.05) is 5.21 Å². The lowest BCUT2D eigenvalue weighted by atomic mass is 9.75. The minimum atomic E-state index is 0.176. The van der Waals surface area contributed by atoms with Gasteiger partial charge in [-0.3, -0.25) is 14.4 Å². The van der Waals surface area contributed by atoms with Gasteiger partial charge in [-0.05, 0) is 39.4 Å². The van der Waals surface area contributed by atoms with Crippen molar-refractivity contribution in [2.75, 3.05) is 41.3 Å². The quantitative estimate of drug-likeness (QED) is 0.772. The average molecular weight is 320 g/mol. The summed E-state index contributed by atoms with van der Waals surface area (Å²) in [5.41, 5.74) is 1.01. The molecule has 0 radical (unpaired) electrons. The number of amides is 1. The largest absolute Gasteiger partial charge is 0.349 e. The first-order valence-electron chi connectivity index (χ1n) is 8.43. The second kappa shape index (κ2) is 6.57. The lowest BCUT2D eigenvalue weighted by molar-refractivity contribution is -0.141. The van der Waals surface area contributed by atoms with E-state index in [0.29, 0.717) is 12.0 Å². The van der Waals surface area contributed by atoms with Crippen LogP contribution in [-0.4, -0.2) is 82.9 Å². The van der Waals surface area contributed by atoms with Crippen LogP contribution in [0.3, 0.4) is 0 Å². The number of rotatable bonds is 5. The number of hydrogen-bond donors (Lipinski definition) is 0. The highest BCUT2D eigenvalue weighted by Gasteiger charge is 2.43. The van der Waals surface area contributed by atoms with Gasteiger partial charge in [-0.15, -0.1) is 5.10 Å². The Balaban J connectivity index is 1.61. The minimum Gasteiger partial charge on any atom is -0.349 e. The van der Waals surface area contributed by atoms with Gasteiger partial charge in [0.15, 0.2) is 0 Å². The number of nitrogens with zero attached hydrogens (tertiary/aromatic N) is 6. The summed E-state index contributed by atoms with van der Waals surface area (Å²) in [4.78, 5) is 18.6. The molecular formula is C16H28N6O. The molecule has 4 rings (SSSR count). The maximum atomic E-state index is 12.3. The zero-order valence-corrected chi connectivity index (χ0v) is 14.6. The molecule has 2 bridgehead atoms. The number of hydrogen-bond acceptors (Lipinski definition) is 5. The van der Waals surface area contributed by atoms with E-state index in [1.54, 1.807) is 4.90 Å². The standard InChI is InChI=1S/C16H28N6O/c1-19(2)8-13-9-22(18-17-13)10-14-7-12-5-6-21(14)11-15(12)16(23)20(3)4/h9,12,14-15H,5-8,10-11H2,1-4H3. The Kier molecular flexibility index (Phi) is 4.68. The van der Waals surface area contributed by atoms with Gasteiger partial charge in [0.25, 0.3) is 0 Å². The Morgan fingerprint density at radius 3 is 2.74 bits per heavy atom. The number of aromatic nitrogens is 3. The highest BCUT2D eigenvalue weighted by molar-refractivity contribution is 5.79. The maximum Gasteiger partial charge on any atom is 0.226 e. The summed E-state index contributed by atoms with van der Waals surface area (Å²) in [5, 5.41) is 8.51. The fourth-order valence-corrected chi connectivity index (χ4v) is 3.98. The van der Waals surface area contributed by atoms with Crippen molar-refractivity contribution in [3.63, 3.8) is 0 Å². The van der Waals surface area contributed by atoms with Crippen LogP contribution in [0.25, 0.3) is 0 Å². The van der Waals surface area contributed by atoms with Crippen LogP contribution in [-0.2, 0) is 17.9 Å². The third-order valence-corrected chi connectivity index (χ3v) is 5.10. The summed E-state index contributed by atoms with van der Waals surface area (Å²) in [6.45, 7) is 3.69. The molecule has 0 N–H and O–H groups in total. The third kappa shape index (κ3) is 3.55. The smallest absolute Gasteiger partial charge is 0.226 e. The highest BCUT2D eigenvalue weighted by atomic mass is 16.2. The summed E-state index contributed by atoms with van der Waals surface area (Å²) in [5.74, 6) is 0.979. The molecule has 7 heteroatoms. The molecule has 4 atom stereocenters. The highest BCUT2D eigenvalue weighted by Crippen LogP contribution is 2.37. The SMILES string of the molecule is CN(C)Cc1cn(CC2CC3CCN2CC3C(=O)N(C)C)nn1. The van der Waals surface area contributed by atoms with Gasteiger partial charge in [0, 0.05) is 39.4 Å². The van der Waals surface area contributed by atoms with Crippen molar-refractivity contribution in [3.05, 3.63) is 11.9 Å². The van der Waals surface area contributed by atoms with E-state index >= 15 is 0 Å². The molecule has 0 saturated carbocycles. The molecule has 0 aliphatic carbocycles. The van der Waals surface area contributed by atoms with Crippen LogP contribution in [0.15, 0.2) is 6.20 Å². The predicted molar refractivity (Wildman–Crippen MR) is 87.7 cm³/mol. The fraction of sp³-hybridized carbons (Fsp3) is 0.812. The van der Waals surface area contributed by atoms with Crippen LogP contribution in [0.2, 0.25) is 0 Å². The Morgan fingerprint density at radius 2 is 2.13 bits per heavy atom. The molecule has 128 valence electrons. The topological polar surface area (TPSA) is 57.5 Å². The first kappa shape index (κ1) is 16.4. The van der Waals surface area contributed by atoms with Crippen molar-refractivity contribution in [1.29, 1.82) is 0 Å². The van der Waals surface area contributed by atoms with Crippen molar-refractivity contribution in [2.24, 2.45) is 11.8 Å². The lowest BCUT2D eigenvalue weighted by Gasteiger charge is -2.49. The molecule has 0 spiro atoms. The summed E-state index contributed by atoms with van der Waals surface area (Å²) >= 11 is 0. The van der Waals surface area contributed by atoms with Crippen molar-refractivity contribution >= 4 is 5.91 Å². The van der Waals surface area contributed by atoms with E-state index in [9.17, 15) is 4.79 Å². The molecule has 1 aromatic rings. The maximum absolute atomic E-state index is 12.3. The molecule has 3 aliphatic rings. The number of carbonyl (C=O) groups excluding carboxylic acids is 1. The van der Waals surface area contributed by atoms with Crippen molar-refractivity contribution in [1.82, 2.24) is 29.7 Å². The van der Waals surface area contributed by atoms with E-state index in [2.05, 4.69) is 20.1 Å². The van der Waals surface area contributed by atoms with Gasteiger partial charge >= 0.3 is 0 Å². The van der Waals surface area contributed by atoms with Crippen LogP contribution in [0.5, 0.6) is 0 Å². The summed E-state index contributed by atoms with van der Waals surface area (Å²) in [7, 11) is 7.79. The molecule has 7 nitrogen and oxygen atoms in total. The monoisotopic (exact) mass is 320 g/mol. The zero-order chi connectivity index (χ0) is 16.6. The van der Waals surface area contributed by atoms with E-state index in [1.165, 1.54) is 0 Å². The molecule has 1 aromatic heterocycles. The van der Waals surface area contributed by atoms with E-state index in [-0.39, 0.29) is 11.8 Å². The summed E-state index contributed by atoms with van der Waals surface area (Å²) in [6.07, 6.45) is 4.28. The molecule has 3 saturated heterocycles. The normalized spacial score (nSPS) is 30.0. The Bertz CT molecular complexity index is 555. The molecular weight excluding hydrogens is 292 g/mol. The average Bonchev–Trinajstić information content (AvgIpc) is 2.93. The van der Waals surface area contributed by atoms with Gasteiger partial charge in [-0.25, -0.2) is 0 Å². The van der Waals surface area contributed by atoms with Crippen LogP contribution in [0.1, 0.15) is 18.5 Å². The number of fused-ring (bicyclic) bond motifs is 3. The minimum absolute atomic E-state index is 0.176. The predicted octanol–water partition coefficient (Wildman–Crippen LogP) is 0.138. The molecule has 4 unspecified atom stereocenters. The summed E-state index contributed by atoms with van der Waals surface area (Å²) < 4.78 is 1.97. The zero-order valence-electron chi connectivity index (χ0n) is 14.6. The summed E-state index contributed by atoms with van der Waals surface area (Å²) in [6, 6.07) is 0.480. The van der Waals surface area contributed by atoms with Gasteiger partial charge in [-0.2, -0.15) is 0 Å². The molecule has 0 aromatic carbocycles. The molecule has 4 heterocycles. The number of carbonyl (C=O) groups is 1. The van der Waals surface area contributed by atoms with E-state index < -0.39 is 0 Å². The van der Waals surface area contributed by atoms with Gasteiger partial charge in [0.2, 0.25) is 5.91 Å². The van der Waals surface area contributed by atoms with Gasteiger partial charge in [0.1, 0.15) is 0 Å². The van der Waals surface area contributed by atoms with Gasteiger partial charge in [0.05, 0.1) is 18.2 Å². The molecule has 3 fully saturated rings. The third-order valence-electron chi connectivity index (χ3n) is 5.10.